The van der Waals surface area contributed by atoms with E-state index in [9.17, 15) is 0 Å². The van der Waals surface area contributed by atoms with Crippen molar-refractivity contribution in [3.63, 3.8) is 0 Å². The third-order valence-electron chi connectivity index (χ3n) is 2.39. The van der Waals surface area contributed by atoms with Crippen molar-refractivity contribution in [2.24, 2.45) is 5.92 Å². The van der Waals surface area contributed by atoms with Gasteiger partial charge in [0.05, 0.1) is 5.69 Å². The Morgan fingerprint density at radius 2 is 2.27 bits per heavy atom. The van der Waals surface area contributed by atoms with E-state index in [1.54, 1.807) is 0 Å². The minimum Gasteiger partial charge on any atom is -0.297 e. The highest BCUT2D eigenvalue weighted by Crippen LogP contribution is 2.07. The molecule has 84 valence electrons. The van der Waals surface area contributed by atoms with Crippen LogP contribution in [0.15, 0.2) is 24.4 Å². The molecular weight excluding hydrogens is 252 g/mol. The van der Waals surface area contributed by atoms with Crippen molar-refractivity contribution in [3.05, 3.63) is 30.1 Å². The number of hydrogen-bond acceptors (Lipinski definition) is 2. The molecule has 0 spiro atoms. The first-order valence-corrected chi connectivity index (χ1v) is 6.56. The predicted molar refractivity (Wildman–Crippen MR) is 68.1 cm³/mol. The second-order valence-corrected chi connectivity index (χ2v) is 4.56. The van der Waals surface area contributed by atoms with Gasteiger partial charge in [0, 0.05) is 24.6 Å². The predicted octanol–water partition coefficient (Wildman–Crippen LogP) is 2.93. The van der Waals surface area contributed by atoms with E-state index in [1.807, 2.05) is 18.3 Å². The standard InChI is InChI=1S/C12H19BrN2/c1-3-15(9-11(2)8-13)10-12-6-4-5-7-14-12/h4-7,11H,3,8-10H2,1-2H3. The fraction of sp³-hybridized carbons (Fsp3) is 0.583. The lowest BCUT2D eigenvalue weighted by Crippen LogP contribution is -2.28. The summed E-state index contributed by atoms with van der Waals surface area (Å²) in [4.78, 5) is 6.77. The van der Waals surface area contributed by atoms with E-state index in [4.69, 9.17) is 0 Å². The molecule has 1 unspecified atom stereocenters. The number of rotatable bonds is 6. The van der Waals surface area contributed by atoms with E-state index >= 15 is 0 Å². The molecule has 0 aromatic carbocycles. The highest BCUT2D eigenvalue weighted by atomic mass is 79.9. The summed E-state index contributed by atoms with van der Waals surface area (Å²) >= 11 is 3.52. The van der Waals surface area contributed by atoms with Crippen LogP contribution in [0.5, 0.6) is 0 Å². The van der Waals surface area contributed by atoms with Gasteiger partial charge in [0.15, 0.2) is 0 Å². The van der Waals surface area contributed by atoms with Crippen molar-refractivity contribution in [3.8, 4) is 0 Å². The van der Waals surface area contributed by atoms with Gasteiger partial charge in [0.1, 0.15) is 0 Å². The lowest BCUT2D eigenvalue weighted by molar-refractivity contribution is 0.248. The molecule has 0 amide bonds. The van der Waals surface area contributed by atoms with Gasteiger partial charge in [-0.15, -0.1) is 0 Å². The van der Waals surface area contributed by atoms with Gasteiger partial charge >= 0.3 is 0 Å². The van der Waals surface area contributed by atoms with Crippen molar-refractivity contribution in [1.29, 1.82) is 0 Å². The highest BCUT2D eigenvalue weighted by molar-refractivity contribution is 9.09. The summed E-state index contributed by atoms with van der Waals surface area (Å²) in [6.45, 7) is 7.61. The Balaban J connectivity index is 2.47. The largest absolute Gasteiger partial charge is 0.297 e. The van der Waals surface area contributed by atoms with Crippen molar-refractivity contribution in [2.45, 2.75) is 20.4 Å². The summed E-state index contributed by atoms with van der Waals surface area (Å²) < 4.78 is 0. The van der Waals surface area contributed by atoms with Crippen molar-refractivity contribution >= 4 is 15.9 Å². The van der Waals surface area contributed by atoms with Crippen molar-refractivity contribution in [1.82, 2.24) is 9.88 Å². The molecule has 0 aliphatic rings. The van der Waals surface area contributed by atoms with Crippen LogP contribution in [0.1, 0.15) is 19.5 Å². The van der Waals surface area contributed by atoms with E-state index in [-0.39, 0.29) is 0 Å². The van der Waals surface area contributed by atoms with Crippen LogP contribution in [0.25, 0.3) is 0 Å². The highest BCUT2D eigenvalue weighted by Gasteiger charge is 2.08. The Morgan fingerprint density at radius 3 is 2.80 bits per heavy atom. The van der Waals surface area contributed by atoms with Crippen LogP contribution in [0.2, 0.25) is 0 Å². The summed E-state index contributed by atoms with van der Waals surface area (Å²) in [6.07, 6.45) is 1.86. The topological polar surface area (TPSA) is 16.1 Å². The Morgan fingerprint density at radius 1 is 1.47 bits per heavy atom. The minimum absolute atomic E-state index is 0.689. The third kappa shape index (κ3) is 4.76. The van der Waals surface area contributed by atoms with Crippen LogP contribution < -0.4 is 0 Å². The normalized spacial score (nSPS) is 13.1. The average molecular weight is 271 g/mol. The monoisotopic (exact) mass is 270 g/mol. The molecule has 1 rings (SSSR count). The zero-order chi connectivity index (χ0) is 11.1. The second-order valence-electron chi connectivity index (χ2n) is 3.91. The van der Waals surface area contributed by atoms with Crippen LogP contribution in [-0.4, -0.2) is 28.3 Å². The first-order chi connectivity index (χ1) is 7.26. The molecule has 0 fully saturated rings. The first kappa shape index (κ1) is 12.7. The Labute approximate surface area is 101 Å². The Bertz CT molecular complexity index is 264. The van der Waals surface area contributed by atoms with Gasteiger partial charge in [-0.1, -0.05) is 35.8 Å². The van der Waals surface area contributed by atoms with E-state index < -0.39 is 0 Å². The number of pyridine rings is 1. The van der Waals surface area contributed by atoms with E-state index in [2.05, 4.69) is 45.7 Å². The van der Waals surface area contributed by atoms with Gasteiger partial charge in [-0.05, 0) is 24.6 Å². The lowest BCUT2D eigenvalue weighted by Gasteiger charge is -2.22. The molecule has 0 bridgehead atoms. The molecule has 1 aromatic heterocycles. The van der Waals surface area contributed by atoms with Gasteiger partial charge in [0.2, 0.25) is 0 Å². The van der Waals surface area contributed by atoms with Gasteiger partial charge < -0.3 is 0 Å². The molecule has 1 heterocycles. The molecule has 1 atom stereocenters. The Kier molecular flexibility index (Phi) is 5.88. The van der Waals surface area contributed by atoms with Crippen LogP contribution in [0, 0.1) is 5.92 Å². The van der Waals surface area contributed by atoms with Crippen LogP contribution in [-0.2, 0) is 6.54 Å². The van der Waals surface area contributed by atoms with E-state index in [0.29, 0.717) is 5.92 Å². The summed E-state index contributed by atoms with van der Waals surface area (Å²) in [5.74, 6) is 0.689. The summed E-state index contributed by atoms with van der Waals surface area (Å²) in [7, 11) is 0. The smallest absolute Gasteiger partial charge is 0.0543 e. The van der Waals surface area contributed by atoms with Gasteiger partial charge in [-0.2, -0.15) is 0 Å². The zero-order valence-electron chi connectivity index (χ0n) is 9.49. The zero-order valence-corrected chi connectivity index (χ0v) is 11.1. The third-order valence-corrected chi connectivity index (χ3v) is 3.50. The molecule has 0 aliphatic carbocycles. The maximum Gasteiger partial charge on any atom is 0.0543 e. The molecule has 0 aliphatic heterocycles. The molecule has 2 nitrogen and oxygen atoms in total. The Hall–Kier alpha value is -0.410. The number of hydrogen-bond donors (Lipinski definition) is 0. The fourth-order valence-electron chi connectivity index (χ4n) is 1.52. The number of alkyl halides is 1. The number of aromatic nitrogens is 1. The van der Waals surface area contributed by atoms with Gasteiger partial charge in [0.25, 0.3) is 0 Å². The maximum absolute atomic E-state index is 4.35. The van der Waals surface area contributed by atoms with E-state index in [0.717, 1.165) is 30.7 Å². The molecular formula is C12H19BrN2. The van der Waals surface area contributed by atoms with Crippen LogP contribution in [0.4, 0.5) is 0 Å². The summed E-state index contributed by atoms with van der Waals surface area (Å²) in [6, 6.07) is 6.09. The lowest BCUT2D eigenvalue weighted by atomic mass is 10.2. The molecule has 3 heteroatoms. The van der Waals surface area contributed by atoms with Crippen LogP contribution >= 0.6 is 15.9 Å². The van der Waals surface area contributed by atoms with Crippen molar-refractivity contribution in [2.75, 3.05) is 18.4 Å². The van der Waals surface area contributed by atoms with Gasteiger partial charge in [-0.25, -0.2) is 0 Å². The molecule has 1 aromatic rings. The number of halogens is 1. The molecule has 0 N–H and O–H groups in total. The van der Waals surface area contributed by atoms with E-state index in [1.165, 1.54) is 0 Å². The molecule has 15 heavy (non-hydrogen) atoms. The van der Waals surface area contributed by atoms with Crippen LogP contribution in [0.3, 0.4) is 0 Å². The summed E-state index contributed by atoms with van der Waals surface area (Å²) in [5.41, 5.74) is 1.15. The molecule has 0 saturated heterocycles. The van der Waals surface area contributed by atoms with Crippen molar-refractivity contribution < 1.29 is 0 Å². The number of nitrogens with zero attached hydrogens (tertiary/aromatic N) is 2. The second kappa shape index (κ2) is 6.96. The quantitative estimate of drug-likeness (QED) is 0.739. The average Bonchev–Trinajstić information content (AvgIpc) is 2.29. The molecule has 0 radical (unpaired) electrons. The van der Waals surface area contributed by atoms with Gasteiger partial charge in [-0.3, -0.25) is 9.88 Å². The SMILES string of the molecule is CCN(Cc1ccccn1)CC(C)CBr. The fourth-order valence-corrected chi connectivity index (χ4v) is 1.72. The minimum atomic E-state index is 0.689. The summed E-state index contributed by atoms with van der Waals surface area (Å²) in [5, 5.41) is 1.06. The molecule has 0 saturated carbocycles. The first-order valence-electron chi connectivity index (χ1n) is 5.44. The maximum atomic E-state index is 4.35.